The zero-order valence-corrected chi connectivity index (χ0v) is 16.8. The average Bonchev–Trinajstić information content (AvgIpc) is 2.77. The minimum Gasteiger partial charge on any atom is -0.497 e. The van der Waals surface area contributed by atoms with Crippen molar-refractivity contribution in [2.45, 2.75) is 6.04 Å². The highest BCUT2D eigenvalue weighted by Gasteiger charge is 2.35. The number of nitrogens with one attached hydrogen (secondary N) is 2. The standard InChI is InChI=1S/C19H18N8O4/c1-29-8-4-9(18(28)31-3)12(11(5-8)30-2)15-13-14(22)10(6-20)16(23)26-17(13)27-19(25-15)24-7-21/h4-5,15H,1-3H3,(H6,22,23,24,25,26,27). The number of ether oxygens (including phenoxy) is 3. The highest BCUT2D eigenvalue weighted by molar-refractivity contribution is 6.00. The van der Waals surface area contributed by atoms with Crippen molar-refractivity contribution in [3.63, 3.8) is 0 Å². The van der Waals surface area contributed by atoms with Gasteiger partial charge < -0.3 is 31.0 Å². The molecule has 0 saturated heterocycles. The summed E-state index contributed by atoms with van der Waals surface area (Å²) in [6.07, 6.45) is 1.76. The van der Waals surface area contributed by atoms with Crippen molar-refractivity contribution in [1.29, 1.82) is 10.5 Å². The van der Waals surface area contributed by atoms with Crippen LogP contribution < -0.4 is 31.6 Å². The van der Waals surface area contributed by atoms with Gasteiger partial charge in [0.2, 0.25) is 5.96 Å². The minimum absolute atomic E-state index is 0.0240. The maximum absolute atomic E-state index is 12.6. The van der Waals surface area contributed by atoms with Crippen LogP contribution in [0, 0.1) is 22.8 Å². The van der Waals surface area contributed by atoms with Gasteiger partial charge >= 0.3 is 5.97 Å². The largest absolute Gasteiger partial charge is 0.497 e. The molecule has 1 unspecified atom stereocenters. The van der Waals surface area contributed by atoms with Crippen LogP contribution in [-0.2, 0) is 4.74 Å². The fourth-order valence-corrected chi connectivity index (χ4v) is 3.24. The predicted octanol–water partition coefficient (Wildman–Crippen LogP) is 0.863. The number of nitrogens with two attached hydrogens (primary N) is 2. The number of hydrogen-bond donors (Lipinski definition) is 4. The fourth-order valence-electron chi connectivity index (χ4n) is 3.24. The second kappa shape index (κ2) is 8.34. The molecule has 1 aliphatic heterocycles. The van der Waals surface area contributed by atoms with Crippen molar-refractivity contribution in [3.8, 4) is 23.8 Å². The molecule has 1 aliphatic rings. The van der Waals surface area contributed by atoms with Gasteiger partial charge in [0.05, 0.1) is 32.6 Å². The van der Waals surface area contributed by atoms with Gasteiger partial charge in [0, 0.05) is 17.2 Å². The molecule has 0 bridgehead atoms. The van der Waals surface area contributed by atoms with E-state index in [1.807, 2.05) is 6.07 Å². The van der Waals surface area contributed by atoms with Crippen molar-refractivity contribution < 1.29 is 19.0 Å². The first-order valence-electron chi connectivity index (χ1n) is 8.73. The number of carbonyl (C=O) groups excluding carboxylic acids is 1. The van der Waals surface area contributed by atoms with Gasteiger partial charge in [-0.3, -0.25) is 5.32 Å². The van der Waals surface area contributed by atoms with E-state index in [2.05, 4.69) is 20.6 Å². The number of aromatic nitrogens is 1. The molecule has 2 heterocycles. The van der Waals surface area contributed by atoms with E-state index >= 15 is 0 Å². The Morgan fingerprint density at radius 1 is 1.19 bits per heavy atom. The first kappa shape index (κ1) is 21.0. The highest BCUT2D eigenvalue weighted by atomic mass is 16.5. The second-order valence-corrected chi connectivity index (χ2v) is 6.18. The van der Waals surface area contributed by atoms with E-state index in [0.29, 0.717) is 5.75 Å². The number of benzene rings is 1. The molecule has 1 atom stereocenters. The van der Waals surface area contributed by atoms with Crippen molar-refractivity contribution in [1.82, 2.24) is 10.3 Å². The SMILES string of the molecule is COC(=O)c1cc(OC)cc(OC)c1C1N=C(NC#N)Nc2nc(N)c(C#N)c(N)c21. The van der Waals surface area contributed by atoms with Gasteiger partial charge in [-0.1, -0.05) is 0 Å². The van der Waals surface area contributed by atoms with Crippen LogP contribution in [-0.4, -0.2) is 38.2 Å². The average molecular weight is 422 g/mol. The lowest BCUT2D eigenvalue weighted by atomic mass is 9.90. The summed E-state index contributed by atoms with van der Waals surface area (Å²) in [5, 5.41) is 23.7. The summed E-state index contributed by atoms with van der Waals surface area (Å²) in [6, 6.07) is 3.94. The first-order valence-corrected chi connectivity index (χ1v) is 8.73. The molecule has 1 aromatic carbocycles. The number of nitrogen functional groups attached to an aromatic ring is 2. The van der Waals surface area contributed by atoms with Gasteiger partial charge in [-0.05, 0) is 6.07 Å². The van der Waals surface area contributed by atoms with E-state index in [1.165, 1.54) is 27.4 Å². The van der Waals surface area contributed by atoms with Crippen LogP contribution in [0.2, 0.25) is 0 Å². The van der Waals surface area contributed by atoms with Crippen LogP contribution in [0.1, 0.15) is 33.1 Å². The number of anilines is 3. The van der Waals surface area contributed by atoms with E-state index in [9.17, 15) is 10.1 Å². The Morgan fingerprint density at radius 2 is 1.94 bits per heavy atom. The maximum atomic E-state index is 12.6. The number of rotatable bonds is 4. The van der Waals surface area contributed by atoms with Gasteiger partial charge in [0.15, 0.2) is 6.19 Å². The summed E-state index contributed by atoms with van der Waals surface area (Å²) < 4.78 is 15.7. The third kappa shape index (κ3) is 3.54. The lowest BCUT2D eigenvalue weighted by Crippen LogP contribution is -2.33. The Kier molecular flexibility index (Phi) is 5.65. The summed E-state index contributed by atoms with van der Waals surface area (Å²) >= 11 is 0. The normalized spacial score (nSPS) is 14.1. The molecular weight excluding hydrogens is 404 g/mol. The smallest absolute Gasteiger partial charge is 0.338 e. The number of hydrogen-bond acceptors (Lipinski definition) is 12. The van der Waals surface area contributed by atoms with E-state index < -0.39 is 12.0 Å². The Labute approximate surface area is 177 Å². The molecule has 12 heteroatoms. The molecular formula is C19H18N8O4. The highest BCUT2D eigenvalue weighted by Crippen LogP contribution is 2.45. The van der Waals surface area contributed by atoms with Crippen molar-refractivity contribution in [2.75, 3.05) is 38.1 Å². The van der Waals surface area contributed by atoms with E-state index in [-0.39, 0.29) is 51.3 Å². The second-order valence-electron chi connectivity index (χ2n) is 6.18. The van der Waals surface area contributed by atoms with E-state index in [0.717, 1.165) is 0 Å². The number of methoxy groups -OCH3 is 3. The van der Waals surface area contributed by atoms with Crippen LogP contribution in [0.4, 0.5) is 17.3 Å². The maximum Gasteiger partial charge on any atom is 0.338 e. The first-order chi connectivity index (χ1) is 14.9. The zero-order chi connectivity index (χ0) is 22.7. The van der Waals surface area contributed by atoms with Gasteiger partial charge in [-0.25, -0.2) is 14.8 Å². The van der Waals surface area contributed by atoms with Gasteiger partial charge in [0.1, 0.15) is 40.8 Å². The van der Waals surface area contributed by atoms with Crippen molar-refractivity contribution >= 4 is 29.3 Å². The van der Waals surface area contributed by atoms with Crippen molar-refractivity contribution in [3.05, 3.63) is 34.4 Å². The third-order valence-corrected chi connectivity index (χ3v) is 4.61. The number of pyridine rings is 1. The summed E-state index contributed by atoms with van der Waals surface area (Å²) in [4.78, 5) is 21.3. The Bertz CT molecular complexity index is 1180. The fraction of sp³-hybridized carbons (Fsp3) is 0.211. The molecule has 6 N–H and O–H groups in total. The number of carbonyl (C=O) groups is 1. The number of aliphatic imine (C=N–C) groups is 1. The molecule has 158 valence electrons. The summed E-state index contributed by atoms with van der Waals surface area (Å²) in [6.45, 7) is 0. The lowest BCUT2D eigenvalue weighted by Gasteiger charge is -2.28. The monoisotopic (exact) mass is 422 g/mol. The lowest BCUT2D eigenvalue weighted by molar-refractivity contribution is 0.0598. The summed E-state index contributed by atoms with van der Waals surface area (Å²) in [7, 11) is 4.07. The van der Waals surface area contributed by atoms with Crippen LogP contribution >= 0.6 is 0 Å². The Balaban J connectivity index is 2.41. The molecule has 12 nitrogen and oxygen atoms in total. The molecule has 31 heavy (non-hydrogen) atoms. The quantitative estimate of drug-likeness (QED) is 0.310. The molecule has 0 spiro atoms. The van der Waals surface area contributed by atoms with Gasteiger partial charge in [-0.2, -0.15) is 10.5 Å². The van der Waals surface area contributed by atoms with Crippen LogP contribution in [0.15, 0.2) is 17.1 Å². The summed E-state index contributed by atoms with van der Waals surface area (Å²) in [5.74, 6) is 0.00556. The van der Waals surface area contributed by atoms with Gasteiger partial charge in [0.25, 0.3) is 0 Å². The topological polar surface area (TPSA) is 194 Å². The summed E-state index contributed by atoms with van der Waals surface area (Å²) in [5.41, 5.74) is 12.7. The van der Waals surface area contributed by atoms with Crippen molar-refractivity contribution in [2.24, 2.45) is 4.99 Å². The molecule has 1 aromatic heterocycles. The molecule has 2 aromatic rings. The molecule has 0 radical (unpaired) electrons. The van der Waals surface area contributed by atoms with Crippen LogP contribution in [0.3, 0.4) is 0 Å². The molecule has 0 amide bonds. The zero-order valence-electron chi connectivity index (χ0n) is 16.8. The molecule has 0 fully saturated rings. The number of fused-ring (bicyclic) bond motifs is 1. The number of nitriles is 2. The number of guanidine groups is 1. The van der Waals surface area contributed by atoms with Crippen LogP contribution in [0.5, 0.6) is 11.5 Å². The Hall–Kier alpha value is -4.71. The van der Waals surface area contributed by atoms with Crippen LogP contribution in [0.25, 0.3) is 0 Å². The van der Waals surface area contributed by atoms with E-state index in [1.54, 1.807) is 12.3 Å². The molecule has 0 aliphatic carbocycles. The minimum atomic E-state index is -0.998. The van der Waals surface area contributed by atoms with E-state index in [4.69, 9.17) is 30.9 Å². The predicted molar refractivity (Wildman–Crippen MR) is 110 cm³/mol. The molecule has 0 saturated carbocycles. The molecule has 3 rings (SSSR count). The Morgan fingerprint density at radius 3 is 2.52 bits per heavy atom. The number of esters is 1. The van der Waals surface area contributed by atoms with Gasteiger partial charge in [-0.15, -0.1) is 0 Å². The number of nitrogens with zero attached hydrogens (tertiary/aromatic N) is 4. The third-order valence-electron chi connectivity index (χ3n) is 4.61.